The molecule has 0 radical (unpaired) electrons. The molecular weight excluding hydrogens is 364 g/mol. The number of nitrogens with one attached hydrogen (secondary N) is 1. The minimum atomic E-state index is 0.0640. The molecule has 0 aromatic carbocycles. The van der Waals surface area contributed by atoms with Crippen molar-refractivity contribution in [2.75, 3.05) is 5.32 Å². The minimum Gasteiger partial charge on any atom is -0.317 e. The van der Waals surface area contributed by atoms with E-state index in [0.717, 1.165) is 42.7 Å². The third kappa shape index (κ3) is 6.08. The van der Waals surface area contributed by atoms with Crippen LogP contribution in [0.15, 0.2) is 0 Å². The van der Waals surface area contributed by atoms with E-state index >= 15 is 0 Å². The summed E-state index contributed by atoms with van der Waals surface area (Å²) in [5.74, 6) is 0.723. The number of hydrogen-bond acceptors (Lipinski definition) is 3. The highest BCUT2D eigenvalue weighted by atomic mass is 32.1. The van der Waals surface area contributed by atoms with E-state index in [1.165, 1.54) is 49.0 Å². The Hall–Kier alpha value is -1.34. The van der Waals surface area contributed by atoms with E-state index in [4.69, 9.17) is 0 Å². The van der Waals surface area contributed by atoms with Gasteiger partial charge in [-0.3, -0.25) is 4.79 Å². The summed E-state index contributed by atoms with van der Waals surface area (Å²) >= 11 is 1.64. The van der Waals surface area contributed by atoms with E-state index in [1.54, 1.807) is 11.3 Å². The van der Waals surface area contributed by atoms with Crippen molar-refractivity contribution in [3.8, 4) is 6.07 Å². The molecule has 0 saturated carbocycles. The maximum Gasteiger partial charge on any atom is 0.225 e. The Kier molecular flexibility index (Phi) is 9.02. The van der Waals surface area contributed by atoms with E-state index < -0.39 is 0 Å². The van der Waals surface area contributed by atoms with Gasteiger partial charge in [-0.1, -0.05) is 72.6 Å². The molecule has 0 aliphatic heterocycles. The van der Waals surface area contributed by atoms with Crippen molar-refractivity contribution in [2.24, 2.45) is 11.3 Å². The summed E-state index contributed by atoms with van der Waals surface area (Å²) in [6, 6.07) is 2.37. The quantitative estimate of drug-likeness (QED) is 0.397. The SMILES string of the molecule is CCCCCCCCCC(=O)Nc1sc2c(c1C#N)CCC(C(C)(C)CC)C2. The summed E-state index contributed by atoms with van der Waals surface area (Å²) in [5.41, 5.74) is 2.25. The van der Waals surface area contributed by atoms with E-state index in [-0.39, 0.29) is 5.91 Å². The number of hydrogen-bond donors (Lipinski definition) is 1. The molecule has 4 heteroatoms. The Morgan fingerprint density at radius 2 is 1.86 bits per heavy atom. The van der Waals surface area contributed by atoms with Gasteiger partial charge in [0.05, 0.1) is 5.56 Å². The second kappa shape index (κ2) is 11.0. The molecular formula is C24H38N2OS. The van der Waals surface area contributed by atoms with Crippen LogP contribution in [0.2, 0.25) is 0 Å². The highest BCUT2D eigenvalue weighted by Gasteiger charge is 2.34. The predicted molar refractivity (Wildman–Crippen MR) is 120 cm³/mol. The summed E-state index contributed by atoms with van der Waals surface area (Å²) in [6.07, 6.45) is 13.4. The molecule has 1 aliphatic carbocycles. The zero-order valence-electron chi connectivity index (χ0n) is 18.3. The van der Waals surface area contributed by atoms with Crippen LogP contribution in [0, 0.1) is 22.7 Å². The number of rotatable bonds is 11. The molecule has 1 N–H and O–H groups in total. The zero-order valence-corrected chi connectivity index (χ0v) is 19.1. The average molecular weight is 403 g/mol. The molecule has 3 nitrogen and oxygen atoms in total. The topological polar surface area (TPSA) is 52.9 Å². The summed E-state index contributed by atoms with van der Waals surface area (Å²) in [6.45, 7) is 9.20. The lowest BCUT2D eigenvalue weighted by Crippen LogP contribution is -2.28. The van der Waals surface area contributed by atoms with Crippen LogP contribution in [0.4, 0.5) is 5.00 Å². The van der Waals surface area contributed by atoms with Gasteiger partial charge in [0.25, 0.3) is 0 Å². The van der Waals surface area contributed by atoms with Crippen LogP contribution in [-0.2, 0) is 17.6 Å². The predicted octanol–water partition coefficient (Wildman–Crippen LogP) is 7.24. The van der Waals surface area contributed by atoms with Crippen molar-refractivity contribution in [1.29, 1.82) is 5.26 Å². The lowest BCUT2D eigenvalue weighted by molar-refractivity contribution is -0.116. The number of nitrogens with zero attached hydrogens (tertiary/aromatic N) is 1. The molecule has 1 heterocycles. The maximum absolute atomic E-state index is 12.4. The Balaban J connectivity index is 1.89. The van der Waals surface area contributed by atoms with Crippen LogP contribution in [0.25, 0.3) is 0 Å². The number of thiophene rings is 1. The molecule has 28 heavy (non-hydrogen) atoms. The molecule has 1 aromatic rings. The first-order valence-corrected chi connectivity index (χ1v) is 12.1. The molecule has 1 unspecified atom stereocenters. The van der Waals surface area contributed by atoms with Gasteiger partial charge >= 0.3 is 0 Å². The largest absolute Gasteiger partial charge is 0.317 e. The van der Waals surface area contributed by atoms with Gasteiger partial charge < -0.3 is 5.32 Å². The minimum absolute atomic E-state index is 0.0640. The second-order valence-electron chi connectivity index (χ2n) is 9.02. The lowest BCUT2D eigenvalue weighted by atomic mass is 9.69. The third-order valence-electron chi connectivity index (χ3n) is 6.65. The molecule has 0 saturated heterocycles. The van der Waals surface area contributed by atoms with Crippen molar-refractivity contribution in [3.63, 3.8) is 0 Å². The van der Waals surface area contributed by atoms with Gasteiger partial charge in [-0.25, -0.2) is 0 Å². The van der Waals surface area contributed by atoms with Crippen molar-refractivity contribution in [2.45, 2.75) is 105 Å². The van der Waals surface area contributed by atoms with Crippen LogP contribution in [0.1, 0.15) is 108 Å². The average Bonchev–Trinajstić information content (AvgIpc) is 3.03. The number of carbonyl (C=O) groups is 1. The first kappa shape index (κ1) is 22.9. The summed E-state index contributed by atoms with van der Waals surface area (Å²) in [5, 5.41) is 13.5. The molecule has 156 valence electrons. The van der Waals surface area contributed by atoms with Gasteiger partial charge in [-0.15, -0.1) is 11.3 Å². The van der Waals surface area contributed by atoms with Crippen LogP contribution >= 0.6 is 11.3 Å². The number of fused-ring (bicyclic) bond motifs is 1. The fraction of sp³-hybridized carbons (Fsp3) is 0.750. The van der Waals surface area contributed by atoms with E-state index in [0.29, 0.717) is 17.8 Å². The first-order valence-electron chi connectivity index (χ1n) is 11.3. The van der Waals surface area contributed by atoms with Crippen LogP contribution in [0.3, 0.4) is 0 Å². The fourth-order valence-corrected chi connectivity index (χ4v) is 5.47. The van der Waals surface area contributed by atoms with Crippen LogP contribution < -0.4 is 5.32 Å². The standard InChI is InChI=1S/C24H38N2OS/c1-5-7-8-9-10-11-12-13-22(27)26-23-20(17-25)19-15-14-18(16-21(19)28-23)24(3,4)6-2/h18H,5-16H2,1-4H3,(H,26,27). The number of anilines is 1. The highest BCUT2D eigenvalue weighted by molar-refractivity contribution is 7.16. The Morgan fingerprint density at radius 1 is 1.18 bits per heavy atom. The smallest absolute Gasteiger partial charge is 0.225 e. The monoisotopic (exact) mass is 402 g/mol. The zero-order chi connectivity index (χ0) is 20.6. The summed E-state index contributed by atoms with van der Waals surface area (Å²) < 4.78 is 0. The lowest BCUT2D eigenvalue weighted by Gasteiger charge is -2.36. The van der Waals surface area contributed by atoms with E-state index in [1.807, 2.05) is 0 Å². The van der Waals surface area contributed by atoms with E-state index in [9.17, 15) is 10.1 Å². The molecule has 1 amide bonds. The molecule has 1 aromatic heterocycles. The summed E-state index contributed by atoms with van der Waals surface area (Å²) in [4.78, 5) is 13.7. The van der Waals surface area contributed by atoms with Gasteiger partial charge in [0, 0.05) is 11.3 Å². The Bertz CT molecular complexity index is 684. The van der Waals surface area contributed by atoms with Crippen LogP contribution in [0.5, 0.6) is 0 Å². The van der Waals surface area contributed by atoms with Crippen LogP contribution in [-0.4, -0.2) is 5.91 Å². The molecule has 1 atom stereocenters. The van der Waals surface area contributed by atoms with Gasteiger partial charge in [0.2, 0.25) is 5.91 Å². The Labute approximate surface area is 175 Å². The fourth-order valence-electron chi connectivity index (χ4n) is 4.18. The molecule has 0 bridgehead atoms. The maximum atomic E-state index is 12.4. The van der Waals surface area contributed by atoms with Crippen molar-refractivity contribution < 1.29 is 4.79 Å². The number of unbranched alkanes of at least 4 members (excludes halogenated alkanes) is 6. The van der Waals surface area contributed by atoms with Gasteiger partial charge in [-0.2, -0.15) is 5.26 Å². The van der Waals surface area contributed by atoms with Gasteiger partial charge in [0.15, 0.2) is 0 Å². The van der Waals surface area contributed by atoms with E-state index in [2.05, 4.69) is 39.1 Å². The highest BCUT2D eigenvalue weighted by Crippen LogP contribution is 2.45. The molecule has 0 fully saturated rings. The number of amides is 1. The molecule has 2 rings (SSSR count). The summed E-state index contributed by atoms with van der Waals surface area (Å²) in [7, 11) is 0. The number of nitriles is 1. The van der Waals surface area contributed by atoms with Crippen molar-refractivity contribution in [3.05, 3.63) is 16.0 Å². The molecule has 1 aliphatic rings. The first-order chi connectivity index (χ1) is 13.4. The second-order valence-corrected chi connectivity index (χ2v) is 10.1. The van der Waals surface area contributed by atoms with Crippen molar-refractivity contribution >= 4 is 22.2 Å². The van der Waals surface area contributed by atoms with Crippen molar-refractivity contribution in [1.82, 2.24) is 0 Å². The normalized spacial score (nSPS) is 16.5. The number of carbonyl (C=O) groups excluding carboxylic acids is 1. The van der Waals surface area contributed by atoms with Gasteiger partial charge in [0.1, 0.15) is 11.1 Å². The molecule has 0 spiro atoms. The third-order valence-corrected chi connectivity index (χ3v) is 7.82. The Morgan fingerprint density at radius 3 is 2.50 bits per heavy atom. The van der Waals surface area contributed by atoms with Gasteiger partial charge in [-0.05, 0) is 42.6 Å².